The summed E-state index contributed by atoms with van der Waals surface area (Å²) in [4.78, 5) is 26.7. The van der Waals surface area contributed by atoms with E-state index in [1.165, 1.54) is 5.56 Å². The van der Waals surface area contributed by atoms with Crippen molar-refractivity contribution in [2.45, 2.75) is 58.4 Å². The molecule has 1 heterocycles. The standard InChI is InChI=1S/C20H29N3O2/c1-13(2)17-6-4-5-14(3)18(17)22-19(24)15-9-11-23(12-10-15)20(25)21-16-7-8-16/h4-6,13,15-16H,7-12H2,1-3H3,(H,21,25)(H,22,24). The minimum absolute atomic E-state index is 0.0235. The Balaban J connectivity index is 1.57. The van der Waals surface area contributed by atoms with E-state index in [0.717, 1.165) is 36.9 Å². The predicted octanol–water partition coefficient (Wildman–Crippen LogP) is 3.64. The van der Waals surface area contributed by atoms with Gasteiger partial charge in [-0.25, -0.2) is 4.79 Å². The summed E-state index contributed by atoms with van der Waals surface area (Å²) in [5, 5.41) is 6.18. The summed E-state index contributed by atoms with van der Waals surface area (Å²) in [6.45, 7) is 7.62. The third kappa shape index (κ3) is 4.33. The number of para-hydroxylation sites is 1. The fourth-order valence-corrected chi connectivity index (χ4v) is 3.41. The Hall–Kier alpha value is -2.04. The van der Waals surface area contributed by atoms with Crippen LogP contribution < -0.4 is 10.6 Å². The molecular formula is C20H29N3O2. The Kier molecular flexibility index (Phi) is 5.30. The van der Waals surface area contributed by atoms with Crippen molar-refractivity contribution in [3.05, 3.63) is 29.3 Å². The molecular weight excluding hydrogens is 314 g/mol. The first kappa shape index (κ1) is 17.8. The molecule has 0 spiro atoms. The van der Waals surface area contributed by atoms with Crippen LogP contribution in [0.4, 0.5) is 10.5 Å². The van der Waals surface area contributed by atoms with Gasteiger partial charge in [-0.15, -0.1) is 0 Å². The summed E-state index contributed by atoms with van der Waals surface area (Å²) in [5.74, 6) is 0.422. The number of aryl methyl sites for hydroxylation is 1. The molecule has 5 heteroatoms. The number of urea groups is 1. The molecule has 5 nitrogen and oxygen atoms in total. The zero-order valence-corrected chi connectivity index (χ0v) is 15.5. The zero-order chi connectivity index (χ0) is 18.0. The van der Waals surface area contributed by atoms with Crippen LogP contribution in [0.5, 0.6) is 0 Å². The minimum atomic E-state index is -0.0235. The van der Waals surface area contributed by atoms with Gasteiger partial charge in [-0.1, -0.05) is 32.0 Å². The number of benzene rings is 1. The molecule has 3 rings (SSSR count). The van der Waals surface area contributed by atoms with E-state index in [0.29, 0.717) is 25.0 Å². The molecule has 0 unspecified atom stereocenters. The van der Waals surface area contributed by atoms with Crippen LogP contribution in [0.3, 0.4) is 0 Å². The number of carbonyl (C=O) groups is 2. The molecule has 2 N–H and O–H groups in total. The molecule has 1 saturated heterocycles. The maximum atomic E-state index is 12.7. The number of hydrogen-bond acceptors (Lipinski definition) is 2. The van der Waals surface area contributed by atoms with Gasteiger partial charge >= 0.3 is 6.03 Å². The molecule has 3 amide bonds. The zero-order valence-electron chi connectivity index (χ0n) is 15.5. The van der Waals surface area contributed by atoms with E-state index in [4.69, 9.17) is 0 Å². The van der Waals surface area contributed by atoms with E-state index in [1.807, 2.05) is 24.0 Å². The van der Waals surface area contributed by atoms with Crippen molar-refractivity contribution in [1.29, 1.82) is 0 Å². The Morgan fingerprint density at radius 2 is 1.80 bits per heavy atom. The average molecular weight is 343 g/mol. The summed E-state index contributed by atoms with van der Waals surface area (Å²) in [6.07, 6.45) is 3.65. The second-order valence-corrected chi connectivity index (χ2v) is 7.67. The molecule has 1 aromatic rings. The number of carbonyl (C=O) groups excluding carboxylic acids is 2. The molecule has 1 aliphatic heterocycles. The maximum Gasteiger partial charge on any atom is 0.317 e. The number of rotatable bonds is 4. The van der Waals surface area contributed by atoms with Crippen molar-refractivity contribution >= 4 is 17.6 Å². The topological polar surface area (TPSA) is 61.4 Å². The van der Waals surface area contributed by atoms with Crippen molar-refractivity contribution < 1.29 is 9.59 Å². The lowest BCUT2D eigenvalue weighted by Crippen LogP contribution is -2.46. The van der Waals surface area contributed by atoms with Crippen LogP contribution in [0.25, 0.3) is 0 Å². The first-order chi connectivity index (χ1) is 12.0. The van der Waals surface area contributed by atoms with Crippen molar-refractivity contribution in [3.63, 3.8) is 0 Å². The molecule has 2 fully saturated rings. The monoisotopic (exact) mass is 343 g/mol. The fourth-order valence-electron chi connectivity index (χ4n) is 3.41. The lowest BCUT2D eigenvalue weighted by Gasteiger charge is -2.31. The summed E-state index contributed by atoms with van der Waals surface area (Å²) in [6, 6.07) is 6.56. The van der Waals surface area contributed by atoms with Gasteiger partial charge in [0, 0.05) is 30.7 Å². The van der Waals surface area contributed by atoms with Crippen LogP contribution >= 0.6 is 0 Å². The Bertz CT molecular complexity index is 644. The second kappa shape index (κ2) is 7.46. The Morgan fingerprint density at radius 1 is 1.12 bits per heavy atom. The van der Waals surface area contributed by atoms with Crippen molar-refractivity contribution in [3.8, 4) is 0 Å². The van der Waals surface area contributed by atoms with Crippen LogP contribution in [0.1, 0.15) is 56.6 Å². The Labute approximate surface area is 150 Å². The first-order valence-corrected chi connectivity index (χ1v) is 9.41. The van der Waals surface area contributed by atoms with Gasteiger partial charge in [0.1, 0.15) is 0 Å². The van der Waals surface area contributed by atoms with Gasteiger partial charge in [0.15, 0.2) is 0 Å². The third-order valence-corrected chi connectivity index (χ3v) is 5.23. The van der Waals surface area contributed by atoms with Gasteiger partial charge < -0.3 is 15.5 Å². The number of hydrogen-bond donors (Lipinski definition) is 2. The van der Waals surface area contributed by atoms with Crippen LogP contribution in [0.15, 0.2) is 18.2 Å². The van der Waals surface area contributed by atoms with E-state index in [-0.39, 0.29) is 17.9 Å². The van der Waals surface area contributed by atoms with Crippen molar-refractivity contribution in [2.75, 3.05) is 18.4 Å². The number of nitrogens with one attached hydrogen (secondary N) is 2. The fraction of sp³-hybridized carbons (Fsp3) is 0.600. The van der Waals surface area contributed by atoms with Crippen LogP contribution in [-0.2, 0) is 4.79 Å². The maximum absolute atomic E-state index is 12.7. The largest absolute Gasteiger partial charge is 0.335 e. The highest BCUT2D eigenvalue weighted by Crippen LogP contribution is 2.29. The van der Waals surface area contributed by atoms with Crippen molar-refractivity contribution in [2.24, 2.45) is 5.92 Å². The summed E-state index contributed by atoms with van der Waals surface area (Å²) < 4.78 is 0. The molecule has 0 atom stereocenters. The van der Waals surface area contributed by atoms with Crippen molar-refractivity contribution in [1.82, 2.24) is 10.2 Å². The summed E-state index contributed by atoms with van der Waals surface area (Å²) in [7, 11) is 0. The van der Waals surface area contributed by atoms with Gasteiger partial charge in [-0.3, -0.25) is 4.79 Å². The molecule has 136 valence electrons. The second-order valence-electron chi connectivity index (χ2n) is 7.67. The molecule has 0 aromatic heterocycles. The van der Waals surface area contributed by atoms with Gasteiger partial charge in [0.05, 0.1) is 0 Å². The number of amides is 3. The van der Waals surface area contributed by atoms with Gasteiger partial charge in [0.2, 0.25) is 5.91 Å². The van der Waals surface area contributed by atoms with E-state index >= 15 is 0 Å². The first-order valence-electron chi connectivity index (χ1n) is 9.41. The summed E-state index contributed by atoms with van der Waals surface area (Å²) in [5.41, 5.74) is 3.23. The molecule has 1 aromatic carbocycles. The van der Waals surface area contributed by atoms with E-state index < -0.39 is 0 Å². The molecule has 1 saturated carbocycles. The molecule has 0 bridgehead atoms. The average Bonchev–Trinajstić information content (AvgIpc) is 3.40. The number of anilines is 1. The highest BCUT2D eigenvalue weighted by Gasteiger charge is 2.30. The van der Waals surface area contributed by atoms with Gasteiger partial charge in [0.25, 0.3) is 0 Å². The van der Waals surface area contributed by atoms with Crippen LogP contribution in [-0.4, -0.2) is 36.0 Å². The minimum Gasteiger partial charge on any atom is -0.335 e. The van der Waals surface area contributed by atoms with Crippen LogP contribution in [0.2, 0.25) is 0 Å². The Morgan fingerprint density at radius 3 is 2.40 bits per heavy atom. The van der Waals surface area contributed by atoms with E-state index in [1.54, 1.807) is 0 Å². The number of likely N-dealkylation sites (tertiary alicyclic amines) is 1. The number of nitrogens with zero attached hydrogens (tertiary/aromatic N) is 1. The normalized spacial score (nSPS) is 18.3. The smallest absolute Gasteiger partial charge is 0.317 e. The van der Waals surface area contributed by atoms with Gasteiger partial charge in [-0.05, 0) is 49.7 Å². The SMILES string of the molecule is Cc1cccc(C(C)C)c1NC(=O)C1CCN(C(=O)NC2CC2)CC1. The summed E-state index contributed by atoms with van der Waals surface area (Å²) >= 11 is 0. The third-order valence-electron chi connectivity index (χ3n) is 5.23. The van der Waals surface area contributed by atoms with Crippen LogP contribution in [0, 0.1) is 12.8 Å². The molecule has 0 radical (unpaired) electrons. The quantitative estimate of drug-likeness (QED) is 0.877. The molecule has 1 aliphatic carbocycles. The van der Waals surface area contributed by atoms with E-state index in [2.05, 4.69) is 30.5 Å². The highest BCUT2D eigenvalue weighted by molar-refractivity contribution is 5.94. The predicted molar refractivity (Wildman–Crippen MR) is 99.7 cm³/mol. The number of piperidine rings is 1. The van der Waals surface area contributed by atoms with Gasteiger partial charge in [-0.2, -0.15) is 0 Å². The lowest BCUT2D eigenvalue weighted by atomic mass is 9.94. The molecule has 2 aliphatic rings. The highest BCUT2D eigenvalue weighted by atomic mass is 16.2. The van der Waals surface area contributed by atoms with E-state index in [9.17, 15) is 9.59 Å². The lowest BCUT2D eigenvalue weighted by molar-refractivity contribution is -0.121. The molecule has 25 heavy (non-hydrogen) atoms.